The van der Waals surface area contributed by atoms with E-state index in [-0.39, 0.29) is 5.75 Å². The third-order valence-corrected chi connectivity index (χ3v) is 3.56. The molecule has 1 aromatic carbocycles. The van der Waals surface area contributed by atoms with Gasteiger partial charge >= 0.3 is 0 Å². The molecule has 0 atom stereocenters. The highest BCUT2D eigenvalue weighted by Gasteiger charge is 2.10. The van der Waals surface area contributed by atoms with Crippen LogP contribution in [0.15, 0.2) is 18.2 Å². The standard InChI is InChI=1S/C11H10ClNOS/c1-6-7(2)15-11(13-6)9-5-8(12)3-4-10(9)14/h3-5,14H,1-2H3. The molecule has 0 aliphatic carbocycles. The lowest BCUT2D eigenvalue weighted by Gasteiger charge is -2.00. The van der Waals surface area contributed by atoms with E-state index in [1.807, 2.05) is 13.8 Å². The number of halogens is 1. The molecule has 2 rings (SSSR count). The van der Waals surface area contributed by atoms with Crippen LogP contribution in [0.2, 0.25) is 5.02 Å². The average Bonchev–Trinajstić information content (AvgIpc) is 2.51. The Morgan fingerprint density at radius 3 is 2.67 bits per heavy atom. The molecule has 2 aromatic rings. The number of benzene rings is 1. The van der Waals surface area contributed by atoms with Crippen molar-refractivity contribution >= 4 is 22.9 Å². The van der Waals surface area contributed by atoms with E-state index in [1.54, 1.807) is 29.5 Å². The molecule has 2 nitrogen and oxygen atoms in total. The first-order valence-electron chi connectivity index (χ1n) is 4.51. The third kappa shape index (κ3) is 1.98. The minimum Gasteiger partial charge on any atom is -0.507 e. The average molecular weight is 240 g/mol. The summed E-state index contributed by atoms with van der Waals surface area (Å²) < 4.78 is 0. The Morgan fingerprint density at radius 2 is 2.07 bits per heavy atom. The maximum atomic E-state index is 9.70. The maximum absolute atomic E-state index is 9.70. The summed E-state index contributed by atoms with van der Waals surface area (Å²) in [5.41, 5.74) is 1.69. The van der Waals surface area contributed by atoms with Gasteiger partial charge in [0.1, 0.15) is 10.8 Å². The summed E-state index contributed by atoms with van der Waals surface area (Å²) in [6, 6.07) is 4.98. The Kier molecular flexibility index (Phi) is 2.67. The topological polar surface area (TPSA) is 33.1 Å². The molecule has 1 aromatic heterocycles. The van der Waals surface area contributed by atoms with Crippen LogP contribution in [0.4, 0.5) is 0 Å². The van der Waals surface area contributed by atoms with E-state index < -0.39 is 0 Å². The molecule has 0 radical (unpaired) electrons. The first-order valence-corrected chi connectivity index (χ1v) is 5.70. The van der Waals surface area contributed by atoms with Crippen LogP contribution in [0.3, 0.4) is 0 Å². The summed E-state index contributed by atoms with van der Waals surface area (Å²) in [4.78, 5) is 5.54. The molecule has 0 aliphatic rings. The number of phenolic OH excluding ortho intramolecular Hbond substituents is 1. The summed E-state index contributed by atoms with van der Waals surface area (Å²) in [7, 11) is 0. The predicted octanol–water partition coefficient (Wildman–Crippen LogP) is 3.79. The van der Waals surface area contributed by atoms with Crippen LogP contribution in [0.25, 0.3) is 10.6 Å². The van der Waals surface area contributed by atoms with Gasteiger partial charge in [-0.2, -0.15) is 0 Å². The molecule has 0 aliphatic heterocycles. The first-order chi connectivity index (χ1) is 7.08. The van der Waals surface area contributed by atoms with Gasteiger partial charge in [0.25, 0.3) is 0 Å². The van der Waals surface area contributed by atoms with E-state index in [0.29, 0.717) is 10.6 Å². The van der Waals surface area contributed by atoms with Gasteiger partial charge < -0.3 is 5.11 Å². The number of hydrogen-bond donors (Lipinski definition) is 1. The van der Waals surface area contributed by atoms with Crippen molar-refractivity contribution in [2.24, 2.45) is 0 Å². The van der Waals surface area contributed by atoms with Crippen molar-refractivity contribution in [1.29, 1.82) is 0 Å². The number of nitrogens with zero attached hydrogens (tertiary/aromatic N) is 1. The first kappa shape index (κ1) is 10.5. The predicted molar refractivity (Wildman–Crippen MR) is 63.7 cm³/mol. The number of phenols is 1. The zero-order valence-corrected chi connectivity index (χ0v) is 9.99. The quantitative estimate of drug-likeness (QED) is 0.822. The van der Waals surface area contributed by atoms with Crippen molar-refractivity contribution in [3.05, 3.63) is 33.8 Å². The van der Waals surface area contributed by atoms with Crippen molar-refractivity contribution in [2.45, 2.75) is 13.8 Å². The van der Waals surface area contributed by atoms with Gasteiger partial charge in [0.05, 0.1) is 11.3 Å². The number of aromatic hydroxyl groups is 1. The molecular weight excluding hydrogens is 230 g/mol. The van der Waals surface area contributed by atoms with Gasteiger partial charge in [-0.25, -0.2) is 4.98 Å². The number of rotatable bonds is 1. The van der Waals surface area contributed by atoms with Gasteiger partial charge in [-0.3, -0.25) is 0 Å². The zero-order valence-electron chi connectivity index (χ0n) is 8.41. The van der Waals surface area contributed by atoms with Crippen LogP contribution < -0.4 is 0 Å². The highest BCUT2D eigenvalue weighted by molar-refractivity contribution is 7.15. The lowest BCUT2D eigenvalue weighted by molar-refractivity contribution is 0.477. The van der Waals surface area contributed by atoms with Crippen molar-refractivity contribution in [1.82, 2.24) is 4.98 Å². The smallest absolute Gasteiger partial charge is 0.127 e. The fourth-order valence-electron chi connectivity index (χ4n) is 1.27. The molecular formula is C11H10ClNOS. The van der Waals surface area contributed by atoms with Crippen LogP contribution in [0.5, 0.6) is 5.75 Å². The van der Waals surface area contributed by atoms with Crippen molar-refractivity contribution in [2.75, 3.05) is 0 Å². The lowest BCUT2D eigenvalue weighted by Crippen LogP contribution is -1.79. The minimum atomic E-state index is 0.216. The third-order valence-electron chi connectivity index (χ3n) is 2.22. The molecule has 4 heteroatoms. The number of hydrogen-bond acceptors (Lipinski definition) is 3. The molecule has 0 amide bonds. The Hall–Kier alpha value is -1.06. The molecule has 0 saturated heterocycles. The van der Waals surface area contributed by atoms with Gasteiger partial charge in [0.15, 0.2) is 0 Å². The van der Waals surface area contributed by atoms with Gasteiger partial charge in [-0.05, 0) is 32.0 Å². The summed E-state index contributed by atoms with van der Waals surface area (Å²) >= 11 is 7.44. The fourth-order valence-corrected chi connectivity index (χ4v) is 2.38. The van der Waals surface area contributed by atoms with Gasteiger partial charge in [0.2, 0.25) is 0 Å². The molecule has 15 heavy (non-hydrogen) atoms. The Labute approximate surface area is 97.2 Å². The van der Waals surface area contributed by atoms with Crippen LogP contribution in [-0.2, 0) is 0 Å². The second-order valence-electron chi connectivity index (χ2n) is 3.32. The van der Waals surface area contributed by atoms with E-state index in [2.05, 4.69) is 4.98 Å². The second kappa shape index (κ2) is 3.83. The molecule has 0 bridgehead atoms. The Balaban J connectivity index is 2.58. The van der Waals surface area contributed by atoms with Crippen LogP contribution in [-0.4, -0.2) is 10.1 Å². The second-order valence-corrected chi connectivity index (χ2v) is 4.96. The summed E-state index contributed by atoms with van der Waals surface area (Å²) in [5.74, 6) is 0.216. The Bertz CT molecular complexity index is 488. The molecule has 0 unspecified atom stereocenters. The maximum Gasteiger partial charge on any atom is 0.127 e. The number of aromatic nitrogens is 1. The zero-order chi connectivity index (χ0) is 11.0. The summed E-state index contributed by atoms with van der Waals surface area (Å²) in [6.45, 7) is 3.97. The molecule has 78 valence electrons. The molecule has 1 N–H and O–H groups in total. The van der Waals surface area contributed by atoms with E-state index in [9.17, 15) is 5.11 Å². The number of aryl methyl sites for hydroxylation is 2. The molecule has 0 fully saturated rings. The van der Waals surface area contributed by atoms with Gasteiger partial charge in [0, 0.05) is 9.90 Å². The SMILES string of the molecule is Cc1nc(-c2cc(Cl)ccc2O)sc1C. The van der Waals surface area contributed by atoms with Crippen LogP contribution >= 0.6 is 22.9 Å². The van der Waals surface area contributed by atoms with Crippen molar-refractivity contribution < 1.29 is 5.11 Å². The van der Waals surface area contributed by atoms with E-state index in [1.165, 1.54) is 0 Å². The van der Waals surface area contributed by atoms with Gasteiger partial charge in [-0.1, -0.05) is 11.6 Å². The molecule has 1 heterocycles. The van der Waals surface area contributed by atoms with Crippen molar-refractivity contribution in [3.63, 3.8) is 0 Å². The van der Waals surface area contributed by atoms with E-state index >= 15 is 0 Å². The van der Waals surface area contributed by atoms with E-state index in [0.717, 1.165) is 15.6 Å². The summed E-state index contributed by atoms with van der Waals surface area (Å²) in [6.07, 6.45) is 0. The van der Waals surface area contributed by atoms with Crippen LogP contribution in [0.1, 0.15) is 10.6 Å². The Morgan fingerprint density at radius 1 is 1.33 bits per heavy atom. The highest BCUT2D eigenvalue weighted by atomic mass is 35.5. The monoisotopic (exact) mass is 239 g/mol. The van der Waals surface area contributed by atoms with Crippen LogP contribution in [0, 0.1) is 13.8 Å². The largest absolute Gasteiger partial charge is 0.507 e. The summed E-state index contributed by atoms with van der Waals surface area (Å²) in [5, 5.41) is 11.1. The number of thiazole rings is 1. The normalized spacial score (nSPS) is 10.6. The minimum absolute atomic E-state index is 0.216. The fraction of sp³-hybridized carbons (Fsp3) is 0.182. The molecule has 0 saturated carbocycles. The highest BCUT2D eigenvalue weighted by Crippen LogP contribution is 2.35. The molecule has 0 spiro atoms. The lowest BCUT2D eigenvalue weighted by atomic mass is 10.2. The van der Waals surface area contributed by atoms with Gasteiger partial charge in [-0.15, -0.1) is 11.3 Å². The van der Waals surface area contributed by atoms with E-state index in [4.69, 9.17) is 11.6 Å². The van der Waals surface area contributed by atoms with Crippen molar-refractivity contribution in [3.8, 4) is 16.3 Å².